The Morgan fingerprint density at radius 1 is 1.36 bits per heavy atom. The van der Waals surface area contributed by atoms with Crippen LogP contribution >= 0.6 is 27.3 Å². The van der Waals surface area contributed by atoms with Gasteiger partial charge in [0, 0.05) is 30.1 Å². The monoisotopic (exact) mass is 377 g/mol. The second-order valence-corrected chi connectivity index (χ2v) is 7.59. The predicted molar refractivity (Wildman–Crippen MR) is 88.6 cm³/mol. The van der Waals surface area contributed by atoms with Gasteiger partial charge in [-0.1, -0.05) is 0 Å². The lowest BCUT2D eigenvalue weighted by atomic mass is 10.1. The van der Waals surface area contributed by atoms with Crippen LogP contribution in [0.2, 0.25) is 0 Å². The molecule has 22 heavy (non-hydrogen) atoms. The van der Waals surface area contributed by atoms with Crippen LogP contribution in [0.3, 0.4) is 0 Å². The minimum absolute atomic E-state index is 0.244. The summed E-state index contributed by atoms with van der Waals surface area (Å²) in [6, 6.07) is 3.33. The Bertz CT molecular complexity index is 935. The van der Waals surface area contributed by atoms with Crippen LogP contribution in [0.15, 0.2) is 27.0 Å². The highest BCUT2D eigenvalue weighted by atomic mass is 79.9. The van der Waals surface area contributed by atoms with Crippen molar-refractivity contribution < 1.29 is 0 Å². The molecule has 0 saturated carbocycles. The molecule has 0 amide bonds. The summed E-state index contributed by atoms with van der Waals surface area (Å²) >= 11 is 5.13. The van der Waals surface area contributed by atoms with Crippen LogP contribution < -0.4 is 10.5 Å². The van der Waals surface area contributed by atoms with Gasteiger partial charge in [-0.25, -0.2) is 9.50 Å². The first-order valence-electron chi connectivity index (χ1n) is 6.86. The second kappa shape index (κ2) is 5.13. The van der Waals surface area contributed by atoms with Crippen molar-refractivity contribution in [3.63, 3.8) is 0 Å². The van der Waals surface area contributed by atoms with E-state index in [9.17, 15) is 4.79 Å². The van der Waals surface area contributed by atoms with Crippen molar-refractivity contribution in [1.29, 1.82) is 0 Å². The van der Waals surface area contributed by atoms with Gasteiger partial charge in [0.1, 0.15) is 0 Å². The molecule has 3 aromatic rings. The Hall–Kier alpha value is -1.80. The van der Waals surface area contributed by atoms with Crippen molar-refractivity contribution in [3.05, 3.63) is 48.7 Å². The summed E-state index contributed by atoms with van der Waals surface area (Å²) in [5.74, 6) is 0.924. The number of hydrogen-bond donors (Lipinski definition) is 0. The quantitative estimate of drug-likeness (QED) is 0.650. The van der Waals surface area contributed by atoms with Crippen LogP contribution in [0.4, 0.5) is 5.82 Å². The third-order valence-corrected chi connectivity index (χ3v) is 5.26. The lowest BCUT2D eigenvalue weighted by Crippen LogP contribution is -2.31. The first kappa shape index (κ1) is 13.8. The Kier molecular flexibility index (Phi) is 3.23. The number of thiazole rings is 1. The highest BCUT2D eigenvalue weighted by Crippen LogP contribution is 2.31. The van der Waals surface area contributed by atoms with E-state index in [0.717, 1.165) is 34.8 Å². The van der Waals surface area contributed by atoms with E-state index in [1.807, 2.05) is 13.0 Å². The normalized spacial score (nSPS) is 14.4. The molecule has 4 rings (SSSR count). The molecule has 0 unspecified atom stereocenters. The van der Waals surface area contributed by atoms with Gasteiger partial charge in [0.2, 0.25) is 0 Å². The summed E-state index contributed by atoms with van der Waals surface area (Å²) in [7, 11) is 0. The summed E-state index contributed by atoms with van der Waals surface area (Å²) < 4.78 is 2.59. The number of aromatic nitrogens is 4. The van der Waals surface area contributed by atoms with Crippen LogP contribution in [0.25, 0.3) is 5.65 Å². The van der Waals surface area contributed by atoms with Crippen molar-refractivity contribution in [1.82, 2.24) is 19.6 Å². The Morgan fingerprint density at radius 2 is 2.23 bits per heavy atom. The maximum atomic E-state index is 11.3. The molecule has 0 aliphatic carbocycles. The Morgan fingerprint density at radius 3 is 3.09 bits per heavy atom. The minimum atomic E-state index is -0.244. The Labute approximate surface area is 138 Å². The van der Waals surface area contributed by atoms with Crippen molar-refractivity contribution in [2.45, 2.75) is 19.9 Å². The summed E-state index contributed by atoms with van der Waals surface area (Å²) in [4.78, 5) is 23.3. The molecular weight excluding hydrogens is 366 g/mol. The fourth-order valence-electron chi connectivity index (χ4n) is 2.69. The average molecular weight is 378 g/mol. The number of anilines is 1. The van der Waals surface area contributed by atoms with Crippen LogP contribution in [-0.4, -0.2) is 26.1 Å². The zero-order chi connectivity index (χ0) is 15.3. The number of halogens is 1. The van der Waals surface area contributed by atoms with E-state index in [4.69, 9.17) is 0 Å². The summed E-state index contributed by atoms with van der Waals surface area (Å²) in [6.07, 6.45) is 2.57. The first-order valence-corrected chi connectivity index (χ1v) is 8.47. The topological polar surface area (TPSA) is 63.4 Å². The van der Waals surface area contributed by atoms with Crippen molar-refractivity contribution in [2.75, 3.05) is 11.4 Å². The van der Waals surface area contributed by atoms with Crippen LogP contribution in [0, 0.1) is 6.92 Å². The molecule has 0 aromatic carbocycles. The molecule has 0 radical (unpaired) electrons. The third kappa shape index (κ3) is 2.32. The number of rotatable bonds is 1. The van der Waals surface area contributed by atoms with Crippen LogP contribution in [-0.2, 0) is 13.0 Å². The molecule has 0 bridgehead atoms. The zero-order valence-corrected chi connectivity index (χ0v) is 14.2. The highest BCUT2D eigenvalue weighted by Gasteiger charge is 2.22. The molecule has 6 nitrogen and oxygen atoms in total. The van der Waals surface area contributed by atoms with E-state index in [0.29, 0.717) is 5.65 Å². The molecule has 0 spiro atoms. The maximum absolute atomic E-state index is 11.3. The van der Waals surface area contributed by atoms with Crippen molar-refractivity contribution in [2.24, 2.45) is 0 Å². The fraction of sp³-hybridized carbons (Fsp3) is 0.286. The predicted octanol–water partition coefficient (Wildman–Crippen LogP) is 2.18. The molecule has 4 heterocycles. The van der Waals surface area contributed by atoms with Crippen molar-refractivity contribution in [3.8, 4) is 0 Å². The van der Waals surface area contributed by atoms with E-state index >= 15 is 0 Å². The molecule has 1 aliphatic heterocycles. The van der Waals surface area contributed by atoms with Crippen LogP contribution in [0.1, 0.15) is 16.1 Å². The van der Waals surface area contributed by atoms with Gasteiger partial charge in [0.25, 0.3) is 5.56 Å². The van der Waals surface area contributed by atoms with E-state index in [2.05, 4.69) is 35.9 Å². The summed E-state index contributed by atoms with van der Waals surface area (Å²) in [5, 5.41) is 4.63. The van der Waals surface area contributed by atoms with E-state index < -0.39 is 0 Å². The standard InChI is InChI=1S/C14H12BrN5OS/c1-8-6-11-17-12(21)3-5-20(11)18-13(8)19-4-2-9-10(7-19)22-14(15)16-9/h3,5-6H,2,4,7H2,1H3. The molecule has 1 aliphatic rings. The van der Waals surface area contributed by atoms with Gasteiger partial charge in [0.15, 0.2) is 15.4 Å². The zero-order valence-electron chi connectivity index (χ0n) is 11.8. The number of nitrogens with zero attached hydrogens (tertiary/aromatic N) is 5. The van der Waals surface area contributed by atoms with Gasteiger partial charge >= 0.3 is 0 Å². The van der Waals surface area contributed by atoms with Gasteiger partial charge in [-0.15, -0.1) is 16.4 Å². The molecule has 3 aromatic heterocycles. The number of hydrogen-bond acceptors (Lipinski definition) is 6. The SMILES string of the molecule is Cc1cc2nc(=O)ccn2nc1N1CCc2nc(Br)sc2C1. The van der Waals surface area contributed by atoms with E-state index in [-0.39, 0.29) is 5.56 Å². The maximum Gasteiger partial charge on any atom is 0.273 e. The molecular formula is C14H12BrN5OS. The van der Waals surface area contributed by atoms with Gasteiger partial charge in [0.05, 0.1) is 12.2 Å². The van der Waals surface area contributed by atoms with Crippen LogP contribution in [0.5, 0.6) is 0 Å². The smallest absolute Gasteiger partial charge is 0.273 e. The lowest BCUT2D eigenvalue weighted by Gasteiger charge is -2.28. The second-order valence-electron chi connectivity index (χ2n) is 5.23. The molecule has 0 N–H and O–H groups in total. The molecule has 0 atom stereocenters. The molecule has 0 fully saturated rings. The van der Waals surface area contributed by atoms with E-state index in [1.54, 1.807) is 22.0 Å². The summed E-state index contributed by atoms with van der Waals surface area (Å²) in [5.41, 5.74) is 2.53. The number of fused-ring (bicyclic) bond motifs is 2. The first-order chi connectivity index (χ1) is 10.6. The van der Waals surface area contributed by atoms with E-state index in [1.165, 1.54) is 16.6 Å². The average Bonchev–Trinajstić information content (AvgIpc) is 2.85. The minimum Gasteiger partial charge on any atom is -0.349 e. The largest absolute Gasteiger partial charge is 0.349 e. The van der Waals surface area contributed by atoms with Gasteiger partial charge in [-0.3, -0.25) is 4.79 Å². The molecule has 8 heteroatoms. The molecule has 0 saturated heterocycles. The highest BCUT2D eigenvalue weighted by molar-refractivity contribution is 9.11. The van der Waals surface area contributed by atoms with Gasteiger partial charge < -0.3 is 4.90 Å². The lowest BCUT2D eigenvalue weighted by molar-refractivity contribution is 0.700. The fourth-order valence-corrected chi connectivity index (χ4v) is 4.34. The van der Waals surface area contributed by atoms with Gasteiger partial charge in [-0.2, -0.15) is 4.98 Å². The Balaban J connectivity index is 1.76. The van der Waals surface area contributed by atoms with Gasteiger partial charge in [-0.05, 0) is 34.5 Å². The number of aryl methyl sites for hydroxylation is 1. The molecule has 112 valence electrons. The summed E-state index contributed by atoms with van der Waals surface area (Å²) in [6.45, 7) is 3.70. The van der Waals surface area contributed by atoms with Crippen molar-refractivity contribution >= 4 is 38.7 Å². The third-order valence-electron chi connectivity index (χ3n) is 3.72.